The summed E-state index contributed by atoms with van der Waals surface area (Å²) in [5, 5.41) is 2.87. The van der Waals surface area contributed by atoms with E-state index in [0.717, 1.165) is 19.3 Å². The molecule has 2 rings (SSSR count). The number of carbonyl (C=O) groups is 1. The first-order valence-electron chi connectivity index (χ1n) is 4.68. The van der Waals surface area contributed by atoms with E-state index >= 15 is 0 Å². The lowest BCUT2D eigenvalue weighted by atomic mass is 9.95. The van der Waals surface area contributed by atoms with Crippen molar-refractivity contribution in [3.63, 3.8) is 0 Å². The molecule has 0 aliphatic carbocycles. The molecule has 3 nitrogen and oxygen atoms in total. The molecule has 70 valence electrons. The van der Waals surface area contributed by atoms with Crippen LogP contribution in [0, 0.1) is 11.8 Å². The predicted molar refractivity (Wildman–Crippen MR) is 47.9 cm³/mol. The molecule has 0 radical (unpaired) electrons. The maximum absolute atomic E-state index is 11.1. The van der Waals surface area contributed by atoms with Crippen LogP contribution in [0.15, 0.2) is 0 Å². The number of ether oxygens (including phenoxy) is 1. The second-order valence-electron chi connectivity index (χ2n) is 3.56. The first kappa shape index (κ1) is 8.58. The lowest BCUT2D eigenvalue weighted by Gasteiger charge is -2.18. The van der Waals surface area contributed by atoms with Crippen LogP contribution in [0.3, 0.4) is 0 Å². The minimum Gasteiger partial charge on any atom is -0.373 e. The smallest absolute Gasteiger partial charge is 0.296 e. The Morgan fingerprint density at radius 3 is 2.92 bits per heavy atom. The van der Waals surface area contributed by atoms with Crippen molar-refractivity contribution in [2.24, 2.45) is 0 Å². The Balaban J connectivity index is 1.88. The second-order valence-corrected chi connectivity index (χ2v) is 3.56. The number of nitrogens with one attached hydrogen (secondary N) is 1. The summed E-state index contributed by atoms with van der Waals surface area (Å²) in [6.07, 6.45) is 3.81. The normalized spacial score (nSPS) is 35.3. The van der Waals surface area contributed by atoms with Gasteiger partial charge in [-0.15, -0.1) is 0 Å². The van der Waals surface area contributed by atoms with Crippen LogP contribution in [0.5, 0.6) is 0 Å². The van der Waals surface area contributed by atoms with Crippen molar-refractivity contribution in [1.29, 1.82) is 0 Å². The lowest BCUT2D eigenvalue weighted by Crippen LogP contribution is -2.40. The third-order valence-electron chi connectivity index (χ3n) is 2.66. The standard InChI is InChI=1S/C10H13NO2/c1-2-3-10(12)11-8-6-7-4-5-9(8)13-7/h7-9H,4-6H2,1H3,(H,11,12). The van der Waals surface area contributed by atoms with E-state index in [9.17, 15) is 4.79 Å². The maximum Gasteiger partial charge on any atom is 0.296 e. The highest BCUT2D eigenvalue weighted by Gasteiger charge is 2.41. The van der Waals surface area contributed by atoms with E-state index in [1.807, 2.05) is 0 Å². The summed E-state index contributed by atoms with van der Waals surface area (Å²) in [4.78, 5) is 11.1. The zero-order chi connectivity index (χ0) is 9.26. The minimum absolute atomic E-state index is 0.177. The summed E-state index contributed by atoms with van der Waals surface area (Å²) in [5.41, 5.74) is 0. The summed E-state index contributed by atoms with van der Waals surface area (Å²) < 4.78 is 5.60. The summed E-state index contributed by atoms with van der Waals surface area (Å²) in [6.45, 7) is 1.66. The van der Waals surface area contributed by atoms with Crippen molar-refractivity contribution >= 4 is 5.91 Å². The minimum atomic E-state index is -0.177. The second kappa shape index (κ2) is 3.39. The number of carbonyl (C=O) groups excluding carboxylic acids is 1. The molecule has 0 aromatic carbocycles. The van der Waals surface area contributed by atoms with Crippen LogP contribution in [0.4, 0.5) is 0 Å². The number of hydrogen-bond acceptors (Lipinski definition) is 2. The molecule has 3 unspecified atom stereocenters. The molecule has 1 amide bonds. The fourth-order valence-corrected chi connectivity index (χ4v) is 2.11. The average Bonchev–Trinajstić information content (AvgIpc) is 2.65. The Kier molecular flexibility index (Phi) is 2.24. The summed E-state index contributed by atoms with van der Waals surface area (Å²) >= 11 is 0. The van der Waals surface area contributed by atoms with Gasteiger partial charge in [-0.25, -0.2) is 0 Å². The van der Waals surface area contributed by atoms with Gasteiger partial charge < -0.3 is 10.1 Å². The van der Waals surface area contributed by atoms with Gasteiger partial charge in [0.05, 0.1) is 18.2 Å². The van der Waals surface area contributed by atoms with E-state index in [1.54, 1.807) is 6.92 Å². The number of fused-ring (bicyclic) bond motifs is 2. The van der Waals surface area contributed by atoms with Gasteiger partial charge in [-0.2, -0.15) is 0 Å². The Bertz CT molecular complexity index is 276. The van der Waals surface area contributed by atoms with E-state index in [0.29, 0.717) is 6.10 Å². The van der Waals surface area contributed by atoms with Crippen molar-refractivity contribution < 1.29 is 9.53 Å². The zero-order valence-electron chi connectivity index (χ0n) is 7.67. The van der Waals surface area contributed by atoms with E-state index in [4.69, 9.17) is 4.74 Å². The fourth-order valence-electron chi connectivity index (χ4n) is 2.11. The summed E-state index contributed by atoms with van der Waals surface area (Å²) in [6, 6.07) is 0.201. The van der Waals surface area contributed by atoms with Gasteiger partial charge in [-0.05, 0) is 32.1 Å². The van der Waals surface area contributed by atoms with Crippen LogP contribution in [0.25, 0.3) is 0 Å². The molecule has 0 saturated carbocycles. The molecule has 2 saturated heterocycles. The average molecular weight is 179 g/mol. The van der Waals surface area contributed by atoms with Crippen molar-refractivity contribution in [2.75, 3.05) is 0 Å². The van der Waals surface area contributed by atoms with Gasteiger partial charge in [0.1, 0.15) is 0 Å². The molecule has 2 fully saturated rings. The van der Waals surface area contributed by atoms with E-state index in [-0.39, 0.29) is 18.1 Å². The molecule has 2 aliphatic rings. The van der Waals surface area contributed by atoms with E-state index in [2.05, 4.69) is 17.2 Å². The van der Waals surface area contributed by atoms with Gasteiger partial charge in [0.15, 0.2) is 0 Å². The van der Waals surface area contributed by atoms with Crippen molar-refractivity contribution in [3.05, 3.63) is 0 Å². The van der Waals surface area contributed by atoms with E-state index in [1.165, 1.54) is 0 Å². The van der Waals surface area contributed by atoms with Gasteiger partial charge in [0.2, 0.25) is 0 Å². The zero-order valence-corrected chi connectivity index (χ0v) is 7.67. The number of rotatable bonds is 1. The molecule has 1 N–H and O–H groups in total. The molecule has 2 aliphatic heterocycles. The largest absolute Gasteiger partial charge is 0.373 e. The third kappa shape index (κ3) is 1.68. The monoisotopic (exact) mass is 179 g/mol. The van der Waals surface area contributed by atoms with Crippen LogP contribution < -0.4 is 5.32 Å². The molecule has 0 spiro atoms. The molecule has 0 aromatic rings. The topological polar surface area (TPSA) is 38.3 Å². The molecule has 0 aromatic heterocycles. The summed E-state index contributed by atoms with van der Waals surface area (Å²) in [7, 11) is 0. The van der Waals surface area contributed by atoms with Gasteiger partial charge in [0.25, 0.3) is 5.91 Å². The van der Waals surface area contributed by atoms with Crippen LogP contribution in [-0.4, -0.2) is 24.2 Å². The molecule has 2 heterocycles. The molecule has 2 bridgehead atoms. The molecule has 3 heteroatoms. The fraction of sp³-hybridized carbons (Fsp3) is 0.700. The highest BCUT2D eigenvalue weighted by Crippen LogP contribution is 2.34. The van der Waals surface area contributed by atoms with Crippen LogP contribution in [-0.2, 0) is 9.53 Å². The first-order chi connectivity index (χ1) is 6.29. The van der Waals surface area contributed by atoms with Gasteiger partial charge >= 0.3 is 0 Å². The molecular formula is C10H13NO2. The van der Waals surface area contributed by atoms with Gasteiger partial charge in [0, 0.05) is 0 Å². The SMILES string of the molecule is CC#CC(=O)NC1CC2CCC1O2. The van der Waals surface area contributed by atoms with Crippen LogP contribution in [0.2, 0.25) is 0 Å². The van der Waals surface area contributed by atoms with Gasteiger partial charge in [-0.3, -0.25) is 4.79 Å². The van der Waals surface area contributed by atoms with Crippen molar-refractivity contribution in [1.82, 2.24) is 5.32 Å². The highest BCUT2D eigenvalue weighted by molar-refractivity contribution is 5.93. The number of amides is 1. The van der Waals surface area contributed by atoms with Gasteiger partial charge in [-0.1, -0.05) is 5.92 Å². The van der Waals surface area contributed by atoms with Crippen molar-refractivity contribution in [3.8, 4) is 11.8 Å². The quantitative estimate of drug-likeness (QED) is 0.593. The Hall–Kier alpha value is -1.01. The van der Waals surface area contributed by atoms with Crippen LogP contribution in [0.1, 0.15) is 26.2 Å². The molecule has 3 atom stereocenters. The predicted octanol–water partition coefficient (Wildman–Crippen LogP) is 0.446. The first-order valence-corrected chi connectivity index (χ1v) is 4.68. The Morgan fingerprint density at radius 1 is 1.54 bits per heavy atom. The Morgan fingerprint density at radius 2 is 2.38 bits per heavy atom. The summed E-state index contributed by atoms with van der Waals surface area (Å²) in [5.74, 6) is 4.88. The number of hydrogen-bond donors (Lipinski definition) is 1. The maximum atomic E-state index is 11.1. The highest BCUT2D eigenvalue weighted by atomic mass is 16.5. The van der Waals surface area contributed by atoms with E-state index < -0.39 is 0 Å². The molecular weight excluding hydrogens is 166 g/mol. The third-order valence-corrected chi connectivity index (χ3v) is 2.66. The Labute approximate surface area is 77.8 Å². The van der Waals surface area contributed by atoms with Crippen LogP contribution >= 0.6 is 0 Å². The lowest BCUT2D eigenvalue weighted by molar-refractivity contribution is -0.116. The van der Waals surface area contributed by atoms with Crippen molar-refractivity contribution in [2.45, 2.75) is 44.4 Å². The molecule has 13 heavy (non-hydrogen) atoms.